The lowest BCUT2D eigenvalue weighted by molar-refractivity contribution is 0.581. The minimum absolute atomic E-state index is 0.128. The summed E-state index contributed by atoms with van der Waals surface area (Å²) >= 11 is 0. The average molecular weight is 331 g/mol. The van der Waals surface area contributed by atoms with Gasteiger partial charge in [-0.3, -0.25) is 0 Å². The summed E-state index contributed by atoms with van der Waals surface area (Å²) in [5.74, 6) is 1.33. The van der Waals surface area contributed by atoms with Crippen molar-refractivity contribution >= 4 is 0 Å². The molecule has 0 radical (unpaired) electrons. The number of hydrogen-bond acceptors (Lipinski definition) is 0. The molecule has 1 heteroatoms. The Morgan fingerprint density at radius 3 is 1.83 bits per heavy atom. The van der Waals surface area contributed by atoms with Gasteiger partial charge in [-0.05, 0) is 54.4 Å². The summed E-state index contributed by atoms with van der Waals surface area (Å²) in [7, 11) is 0. The van der Waals surface area contributed by atoms with Gasteiger partial charge in [0.2, 0.25) is 0 Å². The normalized spacial score (nSPS) is 9.88. The molecule has 0 heterocycles. The van der Waals surface area contributed by atoms with Crippen molar-refractivity contribution in [2.45, 2.75) is 60.8 Å². The fourth-order valence-electron chi connectivity index (χ4n) is 2.23. The number of rotatable bonds is 5. The standard InChI is InChI=1S/C11H15F.C10H14.C2H6/c1-9(2)6-7-10-4-3-5-11(12)8-10;1-9(2)8-10-6-4-3-5-7-10;1-2/h3-5,8-9H,6-7H2,1-2H3;3-7,9H,8H2,1-2H3;1-2H3. The summed E-state index contributed by atoms with van der Waals surface area (Å²) in [4.78, 5) is 0. The second-order valence-electron chi connectivity index (χ2n) is 6.65. The van der Waals surface area contributed by atoms with Crippen LogP contribution in [0.4, 0.5) is 4.39 Å². The molecule has 24 heavy (non-hydrogen) atoms. The minimum Gasteiger partial charge on any atom is -0.207 e. The molecular formula is C23H35F. The minimum atomic E-state index is -0.128. The number of hydrogen-bond donors (Lipinski definition) is 0. The van der Waals surface area contributed by atoms with Crippen molar-refractivity contribution < 1.29 is 4.39 Å². The maximum Gasteiger partial charge on any atom is 0.123 e. The second-order valence-corrected chi connectivity index (χ2v) is 6.65. The van der Waals surface area contributed by atoms with Crippen molar-refractivity contribution in [1.29, 1.82) is 0 Å². The van der Waals surface area contributed by atoms with Crippen LogP contribution in [-0.2, 0) is 12.8 Å². The third kappa shape index (κ3) is 11.9. The predicted molar refractivity (Wildman–Crippen MR) is 106 cm³/mol. The lowest BCUT2D eigenvalue weighted by Gasteiger charge is -2.03. The summed E-state index contributed by atoms with van der Waals surface area (Å²) in [6.45, 7) is 12.8. The number of halogens is 1. The lowest BCUT2D eigenvalue weighted by atomic mass is 10.0. The van der Waals surface area contributed by atoms with E-state index in [4.69, 9.17) is 0 Å². The Morgan fingerprint density at radius 1 is 0.750 bits per heavy atom. The van der Waals surface area contributed by atoms with Crippen LogP contribution in [0.3, 0.4) is 0 Å². The van der Waals surface area contributed by atoms with Crippen LogP contribution in [0.1, 0.15) is 59.1 Å². The van der Waals surface area contributed by atoms with Gasteiger partial charge in [0.15, 0.2) is 0 Å². The molecule has 0 aliphatic carbocycles. The molecule has 134 valence electrons. The second kappa shape index (κ2) is 13.8. The highest BCUT2D eigenvalue weighted by atomic mass is 19.1. The fourth-order valence-corrected chi connectivity index (χ4v) is 2.23. The molecule has 0 amide bonds. The first kappa shape index (κ1) is 22.4. The molecule has 0 spiro atoms. The van der Waals surface area contributed by atoms with Gasteiger partial charge in [-0.15, -0.1) is 0 Å². The number of benzene rings is 2. The Bertz CT molecular complexity index is 515. The molecule has 0 N–H and O–H groups in total. The van der Waals surface area contributed by atoms with E-state index < -0.39 is 0 Å². The zero-order chi connectivity index (χ0) is 18.4. The molecule has 0 aliphatic rings. The van der Waals surface area contributed by atoms with Crippen LogP contribution in [0, 0.1) is 17.7 Å². The van der Waals surface area contributed by atoms with E-state index in [0.717, 1.165) is 24.3 Å². The van der Waals surface area contributed by atoms with Crippen molar-refractivity contribution in [3.63, 3.8) is 0 Å². The van der Waals surface area contributed by atoms with Gasteiger partial charge in [0.25, 0.3) is 0 Å². The molecule has 0 saturated heterocycles. The fraction of sp³-hybridized carbons (Fsp3) is 0.478. The van der Waals surface area contributed by atoms with E-state index in [-0.39, 0.29) is 5.82 Å². The smallest absolute Gasteiger partial charge is 0.123 e. The molecule has 0 fully saturated rings. The first-order valence-electron chi connectivity index (χ1n) is 9.25. The zero-order valence-electron chi connectivity index (χ0n) is 16.4. The maximum atomic E-state index is 12.7. The van der Waals surface area contributed by atoms with Crippen LogP contribution in [0.5, 0.6) is 0 Å². The van der Waals surface area contributed by atoms with Crippen LogP contribution in [0.2, 0.25) is 0 Å². The van der Waals surface area contributed by atoms with Crippen molar-refractivity contribution in [2.24, 2.45) is 11.8 Å². The maximum absolute atomic E-state index is 12.7. The van der Waals surface area contributed by atoms with Crippen LogP contribution in [-0.4, -0.2) is 0 Å². The van der Waals surface area contributed by atoms with E-state index in [2.05, 4.69) is 58.0 Å². The Kier molecular flexibility index (Phi) is 12.8. The molecule has 0 aliphatic heterocycles. The van der Waals surface area contributed by atoms with E-state index in [0.29, 0.717) is 5.92 Å². The third-order valence-corrected chi connectivity index (χ3v) is 3.39. The highest BCUT2D eigenvalue weighted by Crippen LogP contribution is 2.10. The molecule has 2 aromatic rings. The van der Waals surface area contributed by atoms with Crippen LogP contribution in [0.25, 0.3) is 0 Å². The predicted octanol–water partition coefficient (Wildman–Crippen LogP) is 7.33. The van der Waals surface area contributed by atoms with Crippen molar-refractivity contribution in [3.05, 3.63) is 71.5 Å². The molecule has 0 bridgehead atoms. The van der Waals surface area contributed by atoms with Crippen LogP contribution < -0.4 is 0 Å². The highest BCUT2D eigenvalue weighted by molar-refractivity contribution is 5.16. The van der Waals surface area contributed by atoms with E-state index in [1.807, 2.05) is 19.9 Å². The van der Waals surface area contributed by atoms with E-state index in [1.165, 1.54) is 18.1 Å². The van der Waals surface area contributed by atoms with Gasteiger partial charge >= 0.3 is 0 Å². The SMILES string of the molecule is CC.CC(C)CCc1cccc(F)c1.CC(C)Cc1ccccc1. The molecule has 2 aromatic carbocycles. The number of aryl methyl sites for hydroxylation is 1. The molecular weight excluding hydrogens is 295 g/mol. The zero-order valence-corrected chi connectivity index (χ0v) is 16.4. The van der Waals surface area contributed by atoms with Crippen molar-refractivity contribution in [2.75, 3.05) is 0 Å². The van der Waals surface area contributed by atoms with Gasteiger partial charge in [-0.2, -0.15) is 0 Å². The summed E-state index contributed by atoms with van der Waals surface area (Å²) in [5, 5.41) is 0. The largest absolute Gasteiger partial charge is 0.207 e. The van der Waals surface area contributed by atoms with E-state index >= 15 is 0 Å². The molecule has 0 saturated carbocycles. The molecule has 0 unspecified atom stereocenters. The van der Waals surface area contributed by atoms with Gasteiger partial charge in [-0.1, -0.05) is 84.0 Å². The Labute approximate surface area is 149 Å². The lowest BCUT2D eigenvalue weighted by Crippen LogP contribution is -1.92. The quantitative estimate of drug-likeness (QED) is 0.538. The van der Waals surface area contributed by atoms with Crippen LogP contribution >= 0.6 is 0 Å². The average Bonchev–Trinajstić information content (AvgIpc) is 2.56. The van der Waals surface area contributed by atoms with E-state index in [1.54, 1.807) is 12.1 Å². The van der Waals surface area contributed by atoms with Gasteiger partial charge in [0.1, 0.15) is 5.82 Å². The molecule has 0 aromatic heterocycles. The van der Waals surface area contributed by atoms with Gasteiger partial charge in [-0.25, -0.2) is 4.39 Å². The van der Waals surface area contributed by atoms with Crippen molar-refractivity contribution in [1.82, 2.24) is 0 Å². The molecule has 0 nitrogen and oxygen atoms in total. The van der Waals surface area contributed by atoms with E-state index in [9.17, 15) is 4.39 Å². The first-order chi connectivity index (χ1) is 11.5. The third-order valence-electron chi connectivity index (χ3n) is 3.39. The highest BCUT2D eigenvalue weighted by Gasteiger charge is 1.97. The van der Waals surface area contributed by atoms with Crippen LogP contribution in [0.15, 0.2) is 54.6 Å². The topological polar surface area (TPSA) is 0 Å². The van der Waals surface area contributed by atoms with Gasteiger partial charge < -0.3 is 0 Å². The van der Waals surface area contributed by atoms with Gasteiger partial charge in [0, 0.05) is 0 Å². The van der Waals surface area contributed by atoms with Gasteiger partial charge in [0.05, 0.1) is 0 Å². The summed E-state index contributed by atoms with van der Waals surface area (Å²) in [6.07, 6.45) is 3.31. The molecule has 2 rings (SSSR count). The summed E-state index contributed by atoms with van der Waals surface area (Å²) in [5.41, 5.74) is 2.54. The summed E-state index contributed by atoms with van der Waals surface area (Å²) in [6, 6.07) is 17.5. The van der Waals surface area contributed by atoms with Crippen molar-refractivity contribution in [3.8, 4) is 0 Å². The molecule has 0 atom stereocenters. The Hall–Kier alpha value is -1.63. The monoisotopic (exact) mass is 330 g/mol. The first-order valence-corrected chi connectivity index (χ1v) is 9.25. The summed E-state index contributed by atoms with van der Waals surface area (Å²) < 4.78 is 12.7. The Balaban J connectivity index is 0.000000405. The Morgan fingerprint density at radius 2 is 1.33 bits per heavy atom.